The lowest BCUT2D eigenvalue weighted by atomic mass is 10.3. The Morgan fingerprint density at radius 1 is 1.28 bits per heavy atom. The Balaban J connectivity index is 1.26. The van der Waals surface area contributed by atoms with Gasteiger partial charge in [0.15, 0.2) is 5.82 Å². The van der Waals surface area contributed by atoms with Crippen LogP contribution in [-0.4, -0.2) is 54.9 Å². The number of aliphatic hydroxyl groups is 1. The molecule has 1 saturated carbocycles. The van der Waals surface area contributed by atoms with Crippen LogP contribution in [0.1, 0.15) is 30.4 Å². The molecule has 170 valence electrons. The van der Waals surface area contributed by atoms with Crippen molar-refractivity contribution in [2.45, 2.75) is 24.7 Å². The fourth-order valence-corrected chi connectivity index (χ4v) is 6.38. The van der Waals surface area contributed by atoms with E-state index >= 15 is 0 Å². The maximum atomic E-state index is 11.1. The Labute approximate surface area is 187 Å². The average molecular weight is 478 g/mol. The summed E-state index contributed by atoms with van der Waals surface area (Å²) in [5, 5.41) is 25.5. The summed E-state index contributed by atoms with van der Waals surface area (Å²) in [6, 6.07) is 7.15. The van der Waals surface area contributed by atoms with Gasteiger partial charge in [-0.15, -0.1) is 5.10 Å². The van der Waals surface area contributed by atoms with Gasteiger partial charge >= 0.3 is 0 Å². The van der Waals surface area contributed by atoms with Crippen LogP contribution in [0.25, 0.3) is 5.69 Å². The monoisotopic (exact) mass is 477 g/mol. The van der Waals surface area contributed by atoms with E-state index < -0.39 is 26.5 Å². The zero-order valence-corrected chi connectivity index (χ0v) is 18.7. The fraction of sp³-hybridized carbons (Fsp3) is 0.368. The first-order valence-corrected chi connectivity index (χ1v) is 13.2. The molecule has 1 aliphatic carbocycles. The van der Waals surface area contributed by atoms with Crippen LogP contribution in [0.4, 0.5) is 5.82 Å². The van der Waals surface area contributed by atoms with E-state index in [-0.39, 0.29) is 12.4 Å². The first-order chi connectivity index (χ1) is 15.4. The molecule has 3 N–H and O–H groups in total. The Kier molecular flexibility index (Phi) is 5.49. The zero-order valence-electron chi connectivity index (χ0n) is 17.0. The Bertz CT molecular complexity index is 1250. The van der Waals surface area contributed by atoms with Gasteiger partial charge in [0.25, 0.3) is 0 Å². The molecule has 3 heterocycles. The van der Waals surface area contributed by atoms with Gasteiger partial charge in [0.05, 0.1) is 35.5 Å². The van der Waals surface area contributed by atoms with E-state index in [1.807, 2.05) is 16.1 Å². The standard InChI is InChI=1S/C19H23N7O4S2/c20-32(28,29)9-1-8-30-15-6-4-14(5-7-15)25-11-16(23-24-25)19(27)31-18(13-2-3-13)22-17-10-21-12-26(17)31/h4-7,10-13,19,27,31H,1-3,8-9H2,(H2,20,28,29). The van der Waals surface area contributed by atoms with E-state index in [1.54, 1.807) is 35.5 Å². The number of fused-ring (bicyclic) bond motifs is 1. The molecule has 0 bridgehead atoms. The van der Waals surface area contributed by atoms with Crippen LogP contribution in [0.5, 0.6) is 5.75 Å². The quantitative estimate of drug-likeness (QED) is 0.311. The van der Waals surface area contributed by atoms with Crippen molar-refractivity contribution in [2.75, 3.05) is 12.4 Å². The number of aromatic nitrogens is 5. The van der Waals surface area contributed by atoms with Gasteiger partial charge in [-0.3, -0.25) is 3.97 Å². The molecule has 1 aromatic carbocycles. The van der Waals surface area contributed by atoms with E-state index in [2.05, 4.69) is 15.3 Å². The van der Waals surface area contributed by atoms with Crippen LogP contribution >= 0.6 is 11.1 Å². The molecule has 2 unspecified atom stereocenters. The second-order valence-electron chi connectivity index (χ2n) is 7.71. The summed E-state index contributed by atoms with van der Waals surface area (Å²) in [6.07, 6.45) is 7.67. The first kappa shape index (κ1) is 21.1. The van der Waals surface area contributed by atoms with Crippen LogP contribution in [0, 0.1) is 5.92 Å². The lowest BCUT2D eigenvalue weighted by molar-refractivity contribution is 0.263. The van der Waals surface area contributed by atoms with Crippen molar-refractivity contribution in [1.29, 1.82) is 0 Å². The molecular weight excluding hydrogens is 454 g/mol. The van der Waals surface area contributed by atoms with Crippen molar-refractivity contribution in [2.24, 2.45) is 16.0 Å². The number of aliphatic imine (C=N–C) groups is 1. The second kappa shape index (κ2) is 8.31. The molecule has 5 rings (SSSR count). The molecule has 0 radical (unpaired) electrons. The number of nitrogens with two attached hydrogens (primary N) is 1. The topological polar surface area (TPSA) is 151 Å². The summed E-state index contributed by atoms with van der Waals surface area (Å²) in [7, 11) is -3.48. The summed E-state index contributed by atoms with van der Waals surface area (Å²) < 4.78 is 31.0. The Morgan fingerprint density at radius 3 is 2.78 bits per heavy atom. The molecule has 1 aliphatic heterocycles. The van der Waals surface area contributed by atoms with Gasteiger partial charge < -0.3 is 9.84 Å². The minimum atomic E-state index is -3.48. The maximum Gasteiger partial charge on any atom is 0.209 e. The first-order valence-electron chi connectivity index (χ1n) is 10.1. The van der Waals surface area contributed by atoms with Gasteiger partial charge in [0.1, 0.15) is 23.2 Å². The normalized spacial score (nSPS) is 20.1. The molecule has 13 heteroatoms. The lowest BCUT2D eigenvalue weighted by Gasteiger charge is -2.24. The van der Waals surface area contributed by atoms with Crippen LogP contribution in [0.2, 0.25) is 0 Å². The van der Waals surface area contributed by atoms with E-state index in [0.29, 0.717) is 23.8 Å². The van der Waals surface area contributed by atoms with E-state index in [1.165, 1.54) is 0 Å². The number of sulfonamides is 1. The third-order valence-electron chi connectivity index (χ3n) is 5.19. The highest BCUT2D eigenvalue weighted by atomic mass is 32.2. The average Bonchev–Trinajstić information content (AvgIpc) is 3.16. The largest absolute Gasteiger partial charge is 0.494 e. The molecule has 3 aromatic rings. The highest BCUT2D eigenvalue weighted by Gasteiger charge is 2.40. The van der Waals surface area contributed by atoms with Crippen molar-refractivity contribution in [1.82, 2.24) is 24.0 Å². The van der Waals surface area contributed by atoms with Gasteiger partial charge in [-0.2, -0.15) is 0 Å². The maximum absolute atomic E-state index is 11.1. The number of hydrogen-bond donors (Lipinski definition) is 3. The van der Waals surface area contributed by atoms with Gasteiger partial charge in [0.2, 0.25) is 10.0 Å². The molecule has 2 aromatic heterocycles. The molecule has 1 fully saturated rings. The van der Waals surface area contributed by atoms with Crippen molar-refractivity contribution in [3.05, 3.63) is 48.7 Å². The smallest absolute Gasteiger partial charge is 0.209 e. The minimum absolute atomic E-state index is 0.120. The van der Waals surface area contributed by atoms with Gasteiger partial charge in [-0.25, -0.2) is 28.2 Å². The predicted octanol–water partition coefficient (Wildman–Crippen LogP) is 1.43. The number of benzene rings is 1. The highest BCUT2D eigenvalue weighted by Crippen LogP contribution is 2.55. The number of thiol groups is 1. The van der Waals surface area contributed by atoms with Crippen molar-refractivity contribution in [3.8, 4) is 11.4 Å². The minimum Gasteiger partial charge on any atom is -0.494 e. The van der Waals surface area contributed by atoms with E-state index in [0.717, 1.165) is 29.4 Å². The van der Waals surface area contributed by atoms with Crippen molar-refractivity contribution < 1.29 is 18.3 Å². The predicted molar refractivity (Wildman–Crippen MR) is 121 cm³/mol. The fourth-order valence-electron chi connectivity index (χ4n) is 3.46. The van der Waals surface area contributed by atoms with Gasteiger partial charge in [-0.05, 0) is 43.5 Å². The summed E-state index contributed by atoms with van der Waals surface area (Å²) >= 11 is -1.11. The molecular formula is C19H23N7O4S2. The molecule has 32 heavy (non-hydrogen) atoms. The summed E-state index contributed by atoms with van der Waals surface area (Å²) in [5.41, 5.74) is 0.413. The summed E-state index contributed by atoms with van der Waals surface area (Å²) in [6.45, 7) is 0.250. The number of hydrogen-bond acceptors (Lipinski definition) is 8. The Hall–Kier alpha value is -2.74. The van der Waals surface area contributed by atoms with Crippen LogP contribution < -0.4 is 9.88 Å². The van der Waals surface area contributed by atoms with E-state index in [9.17, 15) is 13.5 Å². The molecule has 0 spiro atoms. The molecule has 0 saturated heterocycles. The third kappa shape index (κ3) is 4.41. The Morgan fingerprint density at radius 2 is 2.06 bits per heavy atom. The van der Waals surface area contributed by atoms with Gasteiger partial charge in [-0.1, -0.05) is 16.3 Å². The second-order valence-corrected chi connectivity index (χ2v) is 11.5. The van der Waals surface area contributed by atoms with Crippen LogP contribution in [-0.2, 0) is 10.0 Å². The number of primary sulfonamides is 1. The summed E-state index contributed by atoms with van der Waals surface area (Å²) in [5.74, 6) is 1.70. The molecule has 2 aliphatic rings. The number of imidazole rings is 1. The number of rotatable bonds is 9. The summed E-state index contributed by atoms with van der Waals surface area (Å²) in [4.78, 5) is 8.85. The zero-order chi connectivity index (χ0) is 22.3. The molecule has 2 atom stereocenters. The highest BCUT2D eigenvalue weighted by molar-refractivity contribution is 8.29. The number of nitrogens with zero attached hydrogens (tertiary/aromatic N) is 6. The number of aliphatic hydroxyl groups excluding tert-OH is 1. The van der Waals surface area contributed by atoms with Crippen LogP contribution in [0.3, 0.4) is 0 Å². The molecule has 11 nitrogen and oxygen atoms in total. The molecule has 0 amide bonds. The lowest BCUT2D eigenvalue weighted by Crippen LogP contribution is -2.18. The van der Waals surface area contributed by atoms with E-state index in [4.69, 9.17) is 14.9 Å². The van der Waals surface area contributed by atoms with Crippen molar-refractivity contribution >= 4 is 32.0 Å². The third-order valence-corrected chi connectivity index (χ3v) is 8.48. The van der Waals surface area contributed by atoms with Crippen molar-refractivity contribution in [3.63, 3.8) is 0 Å². The number of ether oxygens (including phenoxy) is 1. The van der Waals surface area contributed by atoms with Crippen LogP contribution in [0.15, 0.2) is 48.0 Å². The SMILES string of the molecule is NS(=O)(=O)CCCOc1ccc(-n2cc(C(O)[SH]3C(C4CC4)=Nc4cncn43)nn2)cc1. The van der Waals surface area contributed by atoms with Gasteiger partial charge in [0, 0.05) is 5.92 Å².